The maximum atomic E-state index is 12.6. The van der Waals surface area contributed by atoms with Gasteiger partial charge in [-0.3, -0.25) is 4.98 Å². The van der Waals surface area contributed by atoms with E-state index in [-0.39, 0.29) is 12.0 Å². The highest BCUT2D eigenvalue weighted by Crippen LogP contribution is 2.27. The van der Waals surface area contributed by atoms with Crippen LogP contribution in [0.1, 0.15) is 23.4 Å². The van der Waals surface area contributed by atoms with Crippen LogP contribution >= 0.6 is 38.5 Å². The second-order valence-electron chi connectivity index (χ2n) is 2.73. The van der Waals surface area contributed by atoms with Crippen LogP contribution in [0.15, 0.2) is 6.07 Å². The predicted molar refractivity (Wildman–Crippen MR) is 63.9 cm³/mol. The Morgan fingerprint density at radius 3 is 2.73 bits per heavy atom. The van der Waals surface area contributed by atoms with Crippen molar-refractivity contribution in [3.63, 3.8) is 0 Å². The molecule has 0 bridgehead atoms. The quantitative estimate of drug-likeness (QED) is 0.588. The van der Waals surface area contributed by atoms with Crippen molar-refractivity contribution in [2.45, 2.75) is 18.2 Å². The summed E-state index contributed by atoms with van der Waals surface area (Å²) in [7, 11) is 0. The average molecular weight is 387 g/mol. The summed E-state index contributed by atoms with van der Waals surface area (Å²) >= 11 is 4.96. The largest absolute Gasteiger partial charge is 0.265 e. The molecule has 0 atom stereocenters. The van der Waals surface area contributed by atoms with E-state index in [2.05, 4.69) is 20.9 Å². The van der Waals surface area contributed by atoms with Crippen molar-refractivity contribution in [2.75, 3.05) is 0 Å². The molecule has 0 saturated carbocycles. The van der Waals surface area contributed by atoms with Crippen LogP contribution in [0.5, 0.6) is 0 Å². The van der Waals surface area contributed by atoms with Crippen molar-refractivity contribution in [3.8, 4) is 6.07 Å². The summed E-state index contributed by atoms with van der Waals surface area (Å²) in [6.07, 6.45) is -2.48. The zero-order valence-electron chi connectivity index (χ0n) is 7.48. The summed E-state index contributed by atoms with van der Waals surface area (Å²) in [5, 5.41) is 8.95. The lowest BCUT2D eigenvalue weighted by Gasteiger charge is -2.08. The molecule has 6 heteroatoms. The number of nitriles is 1. The molecule has 80 valence electrons. The zero-order chi connectivity index (χ0) is 11.4. The van der Waals surface area contributed by atoms with Crippen molar-refractivity contribution < 1.29 is 8.78 Å². The SMILES string of the molecule is N#CCc1nc(CBr)cc(C(F)F)c1I. The molecule has 0 aliphatic rings. The number of halogens is 4. The molecule has 0 aromatic carbocycles. The van der Waals surface area contributed by atoms with E-state index < -0.39 is 6.43 Å². The minimum Gasteiger partial charge on any atom is -0.255 e. The first kappa shape index (κ1) is 12.8. The molecule has 1 rings (SSSR count). The summed E-state index contributed by atoms with van der Waals surface area (Å²) in [5.41, 5.74) is 0.895. The van der Waals surface area contributed by atoms with Gasteiger partial charge in [0.15, 0.2) is 0 Å². The van der Waals surface area contributed by atoms with E-state index in [4.69, 9.17) is 5.26 Å². The van der Waals surface area contributed by atoms with Crippen LogP contribution in [0.3, 0.4) is 0 Å². The monoisotopic (exact) mass is 386 g/mol. The van der Waals surface area contributed by atoms with Crippen molar-refractivity contribution >= 4 is 38.5 Å². The van der Waals surface area contributed by atoms with Gasteiger partial charge in [0.25, 0.3) is 6.43 Å². The molecule has 0 amide bonds. The molecular weight excluding hydrogens is 381 g/mol. The third kappa shape index (κ3) is 3.08. The summed E-state index contributed by atoms with van der Waals surface area (Å²) in [6, 6.07) is 3.28. The van der Waals surface area contributed by atoms with Gasteiger partial charge in [0.2, 0.25) is 0 Å². The number of hydrogen-bond acceptors (Lipinski definition) is 2. The van der Waals surface area contributed by atoms with Gasteiger partial charge in [-0.1, -0.05) is 15.9 Å². The second-order valence-corrected chi connectivity index (χ2v) is 4.37. The predicted octanol–water partition coefficient (Wildman–Crippen LogP) is 3.58. The van der Waals surface area contributed by atoms with Gasteiger partial charge in [-0.2, -0.15) is 5.26 Å². The first-order chi connectivity index (χ1) is 7.10. The fourth-order valence-electron chi connectivity index (χ4n) is 1.08. The Bertz CT molecular complexity index is 404. The molecular formula is C9H6BrF2IN2. The number of aromatic nitrogens is 1. The summed E-state index contributed by atoms with van der Waals surface area (Å²) in [6.45, 7) is 0. The van der Waals surface area contributed by atoms with Crippen LogP contribution in [-0.2, 0) is 11.8 Å². The van der Waals surface area contributed by atoms with E-state index in [1.165, 1.54) is 6.07 Å². The molecule has 0 radical (unpaired) electrons. The van der Waals surface area contributed by atoms with Crippen LogP contribution in [0.4, 0.5) is 8.78 Å². The van der Waals surface area contributed by atoms with Gasteiger partial charge in [0, 0.05) is 14.5 Å². The molecule has 0 saturated heterocycles. The van der Waals surface area contributed by atoms with Crippen LogP contribution in [0.2, 0.25) is 0 Å². The number of hydrogen-bond donors (Lipinski definition) is 0. The third-order valence-electron chi connectivity index (χ3n) is 1.73. The maximum Gasteiger partial charge on any atom is 0.265 e. The van der Waals surface area contributed by atoms with Crippen molar-refractivity contribution in [1.82, 2.24) is 4.98 Å². The lowest BCUT2D eigenvalue weighted by atomic mass is 10.2. The van der Waals surface area contributed by atoms with Gasteiger partial charge in [0.05, 0.1) is 23.9 Å². The molecule has 1 aromatic rings. The Morgan fingerprint density at radius 1 is 1.60 bits per heavy atom. The Labute approximate surface area is 108 Å². The van der Waals surface area contributed by atoms with Gasteiger partial charge in [-0.05, 0) is 28.7 Å². The highest BCUT2D eigenvalue weighted by Gasteiger charge is 2.16. The normalized spacial score (nSPS) is 10.4. The molecule has 0 N–H and O–H groups in total. The van der Waals surface area contributed by atoms with E-state index >= 15 is 0 Å². The average Bonchev–Trinajstić information content (AvgIpc) is 2.21. The first-order valence-electron chi connectivity index (χ1n) is 3.99. The van der Waals surface area contributed by atoms with E-state index in [9.17, 15) is 8.78 Å². The fraction of sp³-hybridized carbons (Fsp3) is 0.333. The van der Waals surface area contributed by atoms with E-state index in [1.807, 2.05) is 6.07 Å². The van der Waals surface area contributed by atoms with Crippen LogP contribution in [-0.4, -0.2) is 4.98 Å². The zero-order valence-corrected chi connectivity index (χ0v) is 11.2. The fourth-order valence-corrected chi connectivity index (χ4v) is 2.07. The van der Waals surface area contributed by atoms with E-state index in [1.54, 1.807) is 22.6 Å². The Morgan fingerprint density at radius 2 is 2.27 bits per heavy atom. The summed E-state index contributed by atoms with van der Waals surface area (Å²) in [5.74, 6) is 0. The first-order valence-corrected chi connectivity index (χ1v) is 6.19. The van der Waals surface area contributed by atoms with Crippen molar-refractivity contribution in [3.05, 3.63) is 26.6 Å². The molecule has 0 aliphatic carbocycles. The molecule has 0 spiro atoms. The number of rotatable bonds is 3. The van der Waals surface area contributed by atoms with Gasteiger partial charge in [-0.15, -0.1) is 0 Å². The van der Waals surface area contributed by atoms with Gasteiger partial charge >= 0.3 is 0 Å². The Kier molecular flexibility index (Phi) is 4.86. The molecule has 1 heterocycles. The Hall–Kier alpha value is -0.290. The lowest BCUT2D eigenvalue weighted by molar-refractivity contribution is 0.150. The molecule has 2 nitrogen and oxygen atoms in total. The third-order valence-corrected chi connectivity index (χ3v) is 3.55. The Balaban J connectivity index is 3.28. The van der Waals surface area contributed by atoms with Crippen LogP contribution in [0.25, 0.3) is 0 Å². The molecule has 0 unspecified atom stereocenters. The van der Waals surface area contributed by atoms with Gasteiger partial charge in [0.1, 0.15) is 0 Å². The van der Waals surface area contributed by atoms with Crippen molar-refractivity contribution in [2.24, 2.45) is 0 Å². The second kappa shape index (κ2) is 5.70. The van der Waals surface area contributed by atoms with E-state index in [0.717, 1.165) is 0 Å². The highest BCUT2D eigenvalue weighted by molar-refractivity contribution is 14.1. The minimum absolute atomic E-state index is 0.0506. The summed E-state index contributed by atoms with van der Waals surface area (Å²) in [4.78, 5) is 4.11. The number of alkyl halides is 3. The number of nitrogens with zero attached hydrogens (tertiary/aromatic N) is 2. The summed E-state index contributed by atoms with van der Waals surface area (Å²) < 4.78 is 25.7. The highest BCUT2D eigenvalue weighted by atomic mass is 127. The maximum absolute atomic E-state index is 12.6. The van der Waals surface area contributed by atoms with E-state index in [0.29, 0.717) is 20.3 Å². The molecule has 0 fully saturated rings. The molecule has 15 heavy (non-hydrogen) atoms. The smallest absolute Gasteiger partial charge is 0.255 e. The van der Waals surface area contributed by atoms with Crippen LogP contribution < -0.4 is 0 Å². The van der Waals surface area contributed by atoms with Gasteiger partial charge < -0.3 is 0 Å². The lowest BCUT2D eigenvalue weighted by Crippen LogP contribution is -2.02. The minimum atomic E-state index is -2.53. The topological polar surface area (TPSA) is 36.7 Å². The standard InChI is InChI=1S/C9H6BrF2IN2/c10-4-5-3-6(9(11)12)8(13)7(15-5)1-2-14/h3,9H,1,4H2. The van der Waals surface area contributed by atoms with Crippen LogP contribution in [0, 0.1) is 14.9 Å². The molecule has 0 aliphatic heterocycles. The van der Waals surface area contributed by atoms with Gasteiger partial charge in [-0.25, -0.2) is 8.78 Å². The molecule has 1 aromatic heterocycles. The van der Waals surface area contributed by atoms with Crippen molar-refractivity contribution in [1.29, 1.82) is 5.26 Å². The number of pyridine rings is 1.